The minimum atomic E-state index is 0.177. The SMILES string of the molecule is CC(C)(C)c1ccc(-c2ncc(N)cn2)s1. The highest BCUT2D eigenvalue weighted by Gasteiger charge is 2.17. The van der Waals surface area contributed by atoms with Crippen LogP contribution < -0.4 is 5.73 Å². The van der Waals surface area contributed by atoms with E-state index < -0.39 is 0 Å². The number of thiophene rings is 1. The lowest BCUT2D eigenvalue weighted by Gasteiger charge is -2.15. The van der Waals surface area contributed by atoms with Crippen LogP contribution in [0.2, 0.25) is 0 Å². The van der Waals surface area contributed by atoms with Gasteiger partial charge in [-0.15, -0.1) is 11.3 Å². The van der Waals surface area contributed by atoms with Gasteiger partial charge in [-0.2, -0.15) is 0 Å². The Morgan fingerprint density at radius 1 is 1.12 bits per heavy atom. The van der Waals surface area contributed by atoms with Crippen molar-refractivity contribution in [3.8, 4) is 10.7 Å². The Balaban J connectivity index is 2.35. The van der Waals surface area contributed by atoms with E-state index in [-0.39, 0.29) is 5.41 Å². The van der Waals surface area contributed by atoms with Gasteiger partial charge in [-0.25, -0.2) is 9.97 Å². The maximum absolute atomic E-state index is 5.56. The summed E-state index contributed by atoms with van der Waals surface area (Å²) >= 11 is 1.73. The third-order valence-electron chi connectivity index (χ3n) is 2.24. The van der Waals surface area contributed by atoms with Crippen LogP contribution in [-0.2, 0) is 5.41 Å². The van der Waals surface area contributed by atoms with Crippen molar-refractivity contribution in [2.75, 3.05) is 5.73 Å². The maximum atomic E-state index is 5.56. The molecule has 0 bridgehead atoms. The van der Waals surface area contributed by atoms with Crippen LogP contribution in [0.5, 0.6) is 0 Å². The fourth-order valence-corrected chi connectivity index (χ4v) is 2.34. The summed E-state index contributed by atoms with van der Waals surface area (Å²) in [6, 6.07) is 4.20. The first kappa shape index (κ1) is 11.1. The summed E-state index contributed by atoms with van der Waals surface area (Å²) in [7, 11) is 0. The van der Waals surface area contributed by atoms with Crippen molar-refractivity contribution in [2.45, 2.75) is 26.2 Å². The third-order valence-corrected chi connectivity index (χ3v) is 3.74. The average molecular weight is 233 g/mol. The van der Waals surface area contributed by atoms with Crippen LogP contribution in [0.3, 0.4) is 0 Å². The first-order valence-corrected chi connectivity index (χ1v) is 5.97. The van der Waals surface area contributed by atoms with Gasteiger partial charge in [0.05, 0.1) is 23.0 Å². The summed E-state index contributed by atoms with van der Waals surface area (Å²) in [6.07, 6.45) is 3.28. The van der Waals surface area contributed by atoms with Gasteiger partial charge in [0.15, 0.2) is 5.82 Å². The van der Waals surface area contributed by atoms with E-state index in [2.05, 4.69) is 42.9 Å². The normalized spacial score (nSPS) is 11.7. The molecule has 0 atom stereocenters. The molecule has 2 rings (SSSR count). The van der Waals surface area contributed by atoms with Crippen LogP contribution in [-0.4, -0.2) is 9.97 Å². The average Bonchev–Trinajstić information content (AvgIpc) is 2.67. The first-order valence-electron chi connectivity index (χ1n) is 5.15. The summed E-state index contributed by atoms with van der Waals surface area (Å²) in [5.41, 5.74) is 6.33. The molecule has 0 saturated carbocycles. The lowest BCUT2D eigenvalue weighted by atomic mass is 9.95. The highest BCUT2D eigenvalue weighted by atomic mass is 32.1. The van der Waals surface area contributed by atoms with Gasteiger partial charge in [-0.05, 0) is 17.5 Å². The van der Waals surface area contributed by atoms with Gasteiger partial charge >= 0.3 is 0 Å². The predicted molar refractivity (Wildman–Crippen MR) is 68.5 cm³/mol. The molecule has 0 saturated heterocycles. The van der Waals surface area contributed by atoms with Gasteiger partial charge in [-0.1, -0.05) is 20.8 Å². The standard InChI is InChI=1S/C12H15N3S/c1-12(2,3)10-5-4-9(16-10)11-14-6-8(13)7-15-11/h4-7H,13H2,1-3H3. The molecular weight excluding hydrogens is 218 g/mol. The molecule has 2 N–H and O–H groups in total. The number of rotatable bonds is 1. The van der Waals surface area contributed by atoms with Crippen LogP contribution >= 0.6 is 11.3 Å². The lowest BCUT2D eigenvalue weighted by Crippen LogP contribution is -2.07. The molecule has 0 spiro atoms. The van der Waals surface area contributed by atoms with E-state index >= 15 is 0 Å². The Bertz CT molecular complexity index is 480. The highest BCUT2D eigenvalue weighted by molar-refractivity contribution is 7.15. The van der Waals surface area contributed by atoms with E-state index in [0.717, 1.165) is 10.7 Å². The minimum absolute atomic E-state index is 0.177. The quantitative estimate of drug-likeness (QED) is 0.823. The molecular formula is C12H15N3S. The molecule has 0 unspecified atom stereocenters. The Labute approximate surface area is 99.4 Å². The molecule has 0 aliphatic heterocycles. The Hall–Kier alpha value is -1.42. The molecule has 84 valence electrons. The number of nitrogen functional groups attached to an aromatic ring is 1. The Morgan fingerprint density at radius 3 is 2.25 bits per heavy atom. The van der Waals surface area contributed by atoms with Crippen molar-refractivity contribution in [3.63, 3.8) is 0 Å². The van der Waals surface area contributed by atoms with Crippen LogP contribution in [0.15, 0.2) is 24.5 Å². The summed E-state index contributed by atoms with van der Waals surface area (Å²) in [5, 5.41) is 0. The van der Waals surface area contributed by atoms with Crippen LogP contribution in [0.1, 0.15) is 25.6 Å². The predicted octanol–water partition coefficient (Wildman–Crippen LogP) is 3.08. The summed E-state index contributed by atoms with van der Waals surface area (Å²) in [5.74, 6) is 0.745. The van der Waals surface area contributed by atoms with E-state index in [1.165, 1.54) is 4.88 Å². The third kappa shape index (κ3) is 2.22. The van der Waals surface area contributed by atoms with Gasteiger partial charge in [0.2, 0.25) is 0 Å². The number of nitrogens with two attached hydrogens (primary N) is 1. The molecule has 0 aliphatic rings. The van der Waals surface area contributed by atoms with Crippen molar-refractivity contribution in [1.82, 2.24) is 9.97 Å². The largest absolute Gasteiger partial charge is 0.396 e. The van der Waals surface area contributed by atoms with Crippen molar-refractivity contribution < 1.29 is 0 Å². The second kappa shape index (κ2) is 3.87. The van der Waals surface area contributed by atoms with E-state index in [4.69, 9.17) is 5.73 Å². The zero-order valence-electron chi connectivity index (χ0n) is 9.69. The molecule has 0 aliphatic carbocycles. The molecule has 0 fully saturated rings. The smallest absolute Gasteiger partial charge is 0.169 e. The molecule has 2 heterocycles. The molecule has 0 aromatic carbocycles. The van der Waals surface area contributed by atoms with Gasteiger partial charge in [0.25, 0.3) is 0 Å². The van der Waals surface area contributed by atoms with Crippen molar-refractivity contribution in [1.29, 1.82) is 0 Å². The summed E-state index contributed by atoms with van der Waals surface area (Å²) in [6.45, 7) is 6.60. The number of hydrogen-bond donors (Lipinski definition) is 1. The molecule has 2 aromatic heterocycles. The van der Waals surface area contributed by atoms with Crippen molar-refractivity contribution in [3.05, 3.63) is 29.4 Å². The molecule has 16 heavy (non-hydrogen) atoms. The number of nitrogens with zero attached hydrogens (tertiary/aromatic N) is 2. The van der Waals surface area contributed by atoms with E-state index in [1.807, 2.05) is 0 Å². The first-order chi connectivity index (χ1) is 7.47. The second-order valence-electron chi connectivity index (χ2n) is 4.75. The van der Waals surface area contributed by atoms with E-state index in [9.17, 15) is 0 Å². The van der Waals surface area contributed by atoms with Crippen LogP contribution in [0, 0.1) is 0 Å². The van der Waals surface area contributed by atoms with E-state index in [1.54, 1.807) is 23.7 Å². The Morgan fingerprint density at radius 2 is 1.75 bits per heavy atom. The number of hydrogen-bond acceptors (Lipinski definition) is 4. The van der Waals surface area contributed by atoms with Gasteiger partial charge in [0.1, 0.15) is 0 Å². The number of aromatic nitrogens is 2. The fourth-order valence-electron chi connectivity index (χ4n) is 1.33. The summed E-state index contributed by atoms with van der Waals surface area (Å²) < 4.78 is 0. The van der Waals surface area contributed by atoms with Gasteiger partial charge in [-0.3, -0.25) is 0 Å². The maximum Gasteiger partial charge on any atom is 0.169 e. The lowest BCUT2D eigenvalue weighted by molar-refractivity contribution is 0.604. The van der Waals surface area contributed by atoms with Crippen molar-refractivity contribution >= 4 is 17.0 Å². The minimum Gasteiger partial charge on any atom is -0.396 e. The van der Waals surface area contributed by atoms with Crippen LogP contribution in [0.25, 0.3) is 10.7 Å². The zero-order valence-corrected chi connectivity index (χ0v) is 10.5. The van der Waals surface area contributed by atoms with Gasteiger partial charge in [0, 0.05) is 4.88 Å². The van der Waals surface area contributed by atoms with Crippen molar-refractivity contribution in [2.24, 2.45) is 0 Å². The monoisotopic (exact) mass is 233 g/mol. The second-order valence-corrected chi connectivity index (χ2v) is 5.84. The van der Waals surface area contributed by atoms with Gasteiger partial charge < -0.3 is 5.73 Å². The highest BCUT2D eigenvalue weighted by Crippen LogP contribution is 2.33. The van der Waals surface area contributed by atoms with Crippen LogP contribution in [0.4, 0.5) is 5.69 Å². The molecule has 0 radical (unpaired) electrons. The Kier molecular flexibility index (Phi) is 2.68. The fraction of sp³-hybridized carbons (Fsp3) is 0.333. The van der Waals surface area contributed by atoms with E-state index in [0.29, 0.717) is 5.69 Å². The summed E-state index contributed by atoms with van der Waals surface area (Å²) in [4.78, 5) is 10.9. The topological polar surface area (TPSA) is 51.8 Å². The number of anilines is 1. The molecule has 3 nitrogen and oxygen atoms in total. The molecule has 0 amide bonds. The molecule has 4 heteroatoms. The zero-order chi connectivity index (χ0) is 11.8. The molecule has 2 aromatic rings.